The highest BCUT2D eigenvalue weighted by Crippen LogP contribution is 2.22. The molecule has 1 saturated heterocycles. The number of amides is 1. The smallest absolute Gasteiger partial charge is 0.258 e. The summed E-state index contributed by atoms with van der Waals surface area (Å²) < 4.78 is 14.1. The van der Waals surface area contributed by atoms with E-state index in [0.29, 0.717) is 17.6 Å². The Bertz CT molecular complexity index is 387. The second kappa shape index (κ2) is 5.19. The fourth-order valence-electron chi connectivity index (χ4n) is 1.63. The van der Waals surface area contributed by atoms with Gasteiger partial charge < -0.3 is 4.90 Å². The zero-order chi connectivity index (χ0) is 11.5. The van der Waals surface area contributed by atoms with Crippen LogP contribution in [-0.2, 0) is 0 Å². The number of carbonyl (C=O) groups is 1. The predicted molar refractivity (Wildman–Crippen MR) is 67.3 cm³/mol. The van der Waals surface area contributed by atoms with Gasteiger partial charge in [-0.15, -0.1) is 0 Å². The molecule has 1 amide bonds. The fourth-order valence-corrected chi connectivity index (χ4v) is 3.04. The molecular weight excluding hydrogens is 293 g/mol. The molecule has 0 unspecified atom stereocenters. The van der Waals surface area contributed by atoms with Crippen molar-refractivity contribution in [1.82, 2.24) is 4.90 Å². The van der Waals surface area contributed by atoms with E-state index in [4.69, 9.17) is 0 Å². The van der Waals surface area contributed by atoms with E-state index in [1.165, 1.54) is 6.07 Å². The van der Waals surface area contributed by atoms with Crippen LogP contribution in [0.5, 0.6) is 0 Å². The van der Waals surface area contributed by atoms with Crippen LogP contribution in [0.4, 0.5) is 4.39 Å². The minimum absolute atomic E-state index is 0.148. The van der Waals surface area contributed by atoms with E-state index in [2.05, 4.69) is 15.9 Å². The standard InChI is InChI=1S/C11H11BrFNOS/c12-8-2-1-3-9(13)10(8)11(15)14-4-6-16-7-5-14/h1-3H,4-7H2. The number of nitrogens with zero attached hydrogens (tertiary/aromatic N) is 1. The summed E-state index contributed by atoms with van der Waals surface area (Å²) >= 11 is 5.04. The van der Waals surface area contributed by atoms with Crippen molar-refractivity contribution in [1.29, 1.82) is 0 Å². The van der Waals surface area contributed by atoms with Crippen LogP contribution in [0.2, 0.25) is 0 Å². The van der Waals surface area contributed by atoms with Crippen LogP contribution >= 0.6 is 27.7 Å². The molecule has 0 N–H and O–H groups in total. The van der Waals surface area contributed by atoms with Crippen LogP contribution in [0.1, 0.15) is 10.4 Å². The van der Waals surface area contributed by atoms with Crippen molar-refractivity contribution >= 4 is 33.6 Å². The molecule has 0 aromatic heterocycles. The molecule has 2 rings (SSSR count). The Balaban J connectivity index is 2.26. The molecule has 1 aliphatic heterocycles. The second-order valence-corrected chi connectivity index (χ2v) is 5.58. The Hall–Kier alpha value is -0.550. The molecule has 1 aromatic rings. The third kappa shape index (κ3) is 2.40. The van der Waals surface area contributed by atoms with E-state index in [1.807, 2.05) is 11.8 Å². The molecule has 0 radical (unpaired) electrons. The van der Waals surface area contributed by atoms with Gasteiger partial charge in [0.2, 0.25) is 0 Å². The largest absolute Gasteiger partial charge is 0.337 e. The lowest BCUT2D eigenvalue weighted by atomic mass is 10.2. The summed E-state index contributed by atoms with van der Waals surface area (Å²) in [4.78, 5) is 13.8. The maximum absolute atomic E-state index is 13.6. The molecule has 1 aromatic carbocycles. The highest BCUT2D eigenvalue weighted by Gasteiger charge is 2.23. The Morgan fingerprint density at radius 2 is 2.06 bits per heavy atom. The van der Waals surface area contributed by atoms with Gasteiger partial charge in [0.05, 0.1) is 5.56 Å². The molecule has 1 aliphatic rings. The lowest BCUT2D eigenvalue weighted by molar-refractivity contribution is 0.0766. The quantitative estimate of drug-likeness (QED) is 0.795. The molecule has 2 nitrogen and oxygen atoms in total. The third-order valence-corrected chi connectivity index (χ3v) is 4.08. The molecule has 86 valence electrons. The topological polar surface area (TPSA) is 20.3 Å². The van der Waals surface area contributed by atoms with E-state index in [9.17, 15) is 9.18 Å². The average molecular weight is 304 g/mol. The Kier molecular flexibility index (Phi) is 3.86. The van der Waals surface area contributed by atoms with Crippen LogP contribution in [0.25, 0.3) is 0 Å². The number of hydrogen-bond acceptors (Lipinski definition) is 2. The van der Waals surface area contributed by atoms with E-state index >= 15 is 0 Å². The molecular formula is C11H11BrFNOS. The average Bonchev–Trinajstić information content (AvgIpc) is 2.30. The van der Waals surface area contributed by atoms with E-state index in [0.717, 1.165) is 11.5 Å². The van der Waals surface area contributed by atoms with Crippen molar-refractivity contribution in [3.63, 3.8) is 0 Å². The van der Waals surface area contributed by atoms with Gasteiger partial charge in [0.1, 0.15) is 5.82 Å². The van der Waals surface area contributed by atoms with Gasteiger partial charge in [-0.3, -0.25) is 4.79 Å². The molecule has 1 fully saturated rings. The van der Waals surface area contributed by atoms with Crippen LogP contribution in [0.15, 0.2) is 22.7 Å². The van der Waals surface area contributed by atoms with Gasteiger partial charge in [-0.25, -0.2) is 4.39 Å². The first-order chi connectivity index (χ1) is 7.70. The first kappa shape index (κ1) is 11.9. The molecule has 0 spiro atoms. The first-order valence-corrected chi connectivity index (χ1v) is 6.96. The number of benzene rings is 1. The number of carbonyl (C=O) groups excluding carboxylic acids is 1. The lowest BCUT2D eigenvalue weighted by Gasteiger charge is -2.26. The van der Waals surface area contributed by atoms with Gasteiger partial charge in [-0.05, 0) is 28.1 Å². The van der Waals surface area contributed by atoms with Crippen molar-refractivity contribution in [3.8, 4) is 0 Å². The van der Waals surface area contributed by atoms with E-state index in [1.54, 1.807) is 17.0 Å². The number of rotatable bonds is 1. The maximum Gasteiger partial charge on any atom is 0.258 e. The van der Waals surface area contributed by atoms with Crippen LogP contribution in [-0.4, -0.2) is 35.4 Å². The van der Waals surface area contributed by atoms with Crippen LogP contribution < -0.4 is 0 Å². The third-order valence-electron chi connectivity index (χ3n) is 2.47. The highest BCUT2D eigenvalue weighted by molar-refractivity contribution is 9.10. The highest BCUT2D eigenvalue weighted by atomic mass is 79.9. The minimum Gasteiger partial charge on any atom is -0.337 e. The van der Waals surface area contributed by atoms with Gasteiger partial charge in [0.25, 0.3) is 5.91 Å². The van der Waals surface area contributed by atoms with Gasteiger partial charge in [0.15, 0.2) is 0 Å². The number of hydrogen-bond donors (Lipinski definition) is 0. The SMILES string of the molecule is O=C(c1c(F)cccc1Br)N1CCSCC1. The summed E-state index contributed by atoms with van der Waals surface area (Å²) in [5, 5.41) is 0. The molecule has 1 heterocycles. The van der Waals surface area contributed by atoms with E-state index in [-0.39, 0.29) is 11.5 Å². The maximum atomic E-state index is 13.6. The Labute approximate surface area is 106 Å². The fraction of sp³-hybridized carbons (Fsp3) is 0.364. The van der Waals surface area contributed by atoms with Crippen molar-refractivity contribution in [2.24, 2.45) is 0 Å². The van der Waals surface area contributed by atoms with Gasteiger partial charge in [0, 0.05) is 29.1 Å². The van der Waals surface area contributed by atoms with Crippen LogP contribution in [0.3, 0.4) is 0 Å². The van der Waals surface area contributed by atoms with Crippen molar-refractivity contribution in [2.45, 2.75) is 0 Å². The predicted octanol–water partition coefficient (Wildman–Crippen LogP) is 2.78. The van der Waals surface area contributed by atoms with Gasteiger partial charge in [-0.1, -0.05) is 6.07 Å². The lowest BCUT2D eigenvalue weighted by Crippen LogP contribution is -2.38. The zero-order valence-electron chi connectivity index (χ0n) is 8.58. The zero-order valence-corrected chi connectivity index (χ0v) is 11.0. The normalized spacial score (nSPS) is 16.2. The molecule has 0 saturated carbocycles. The Morgan fingerprint density at radius 3 is 2.69 bits per heavy atom. The monoisotopic (exact) mass is 303 g/mol. The van der Waals surface area contributed by atoms with Crippen molar-refractivity contribution in [3.05, 3.63) is 34.1 Å². The molecule has 16 heavy (non-hydrogen) atoms. The van der Waals surface area contributed by atoms with Crippen molar-refractivity contribution < 1.29 is 9.18 Å². The number of halogens is 2. The first-order valence-electron chi connectivity index (χ1n) is 5.01. The molecule has 0 atom stereocenters. The van der Waals surface area contributed by atoms with Crippen molar-refractivity contribution in [2.75, 3.05) is 24.6 Å². The van der Waals surface area contributed by atoms with Gasteiger partial charge in [-0.2, -0.15) is 11.8 Å². The summed E-state index contributed by atoms with van der Waals surface area (Å²) in [6.07, 6.45) is 0. The summed E-state index contributed by atoms with van der Waals surface area (Å²) in [5.41, 5.74) is 0.148. The Morgan fingerprint density at radius 1 is 1.38 bits per heavy atom. The molecule has 0 aliphatic carbocycles. The van der Waals surface area contributed by atoms with Gasteiger partial charge >= 0.3 is 0 Å². The molecule has 0 bridgehead atoms. The summed E-state index contributed by atoms with van der Waals surface area (Å²) in [6, 6.07) is 4.59. The summed E-state index contributed by atoms with van der Waals surface area (Å²) in [7, 11) is 0. The van der Waals surface area contributed by atoms with E-state index < -0.39 is 5.82 Å². The summed E-state index contributed by atoms with van der Waals surface area (Å²) in [6.45, 7) is 1.40. The second-order valence-electron chi connectivity index (χ2n) is 3.50. The molecule has 5 heteroatoms. The number of thioether (sulfide) groups is 1. The van der Waals surface area contributed by atoms with Crippen LogP contribution in [0, 0.1) is 5.82 Å². The summed E-state index contributed by atoms with van der Waals surface area (Å²) in [5.74, 6) is 1.18. The minimum atomic E-state index is -0.461.